The van der Waals surface area contributed by atoms with Crippen LogP contribution in [0.4, 0.5) is 0 Å². The molecule has 34 heavy (non-hydrogen) atoms. The topological polar surface area (TPSA) is 101 Å². The summed E-state index contributed by atoms with van der Waals surface area (Å²) in [6, 6.07) is 6.66. The first-order valence-corrected chi connectivity index (χ1v) is 12.5. The summed E-state index contributed by atoms with van der Waals surface area (Å²) in [7, 11) is 0. The molecule has 2 N–H and O–H groups in total. The molecule has 4 bridgehead atoms. The van der Waals surface area contributed by atoms with Crippen molar-refractivity contribution >= 4 is 18.2 Å². The summed E-state index contributed by atoms with van der Waals surface area (Å²) in [6.07, 6.45) is 6.48. The second kappa shape index (κ2) is 7.77. The Morgan fingerprint density at radius 3 is 2.62 bits per heavy atom. The normalized spacial score (nSPS) is 39.7. The van der Waals surface area contributed by atoms with E-state index < -0.39 is 28.2 Å². The first-order chi connectivity index (χ1) is 16.1. The van der Waals surface area contributed by atoms with Gasteiger partial charge in [-0.2, -0.15) is 0 Å². The van der Waals surface area contributed by atoms with Crippen molar-refractivity contribution in [2.75, 3.05) is 6.61 Å². The third-order valence-electron chi connectivity index (χ3n) is 9.92. The Morgan fingerprint density at radius 2 is 1.97 bits per heavy atom. The maximum atomic E-state index is 13.4. The molecule has 5 rings (SSSR count). The number of hydrogen-bond acceptors (Lipinski definition) is 4. The summed E-state index contributed by atoms with van der Waals surface area (Å²) in [5, 5.41) is 20.3. The van der Waals surface area contributed by atoms with Crippen LogP contribution in [-0.4, -0.2) is 35.0 Å². The number of carbonyl (C=O) groups excluding carboxylic acids is 1. The maximum Gasteiger partial charge on any atom is 0.335 e. The molecule has 0 amide bonds. The van der Waals surface area contributed by atoms with Gasteiger partial charge in [-0.05, 0) is 66.5 Å². The van der Waals surface area contributed by atoms with Crippen molar-refractivity contribution in [3.8, 4) is 0 Å². The van der Waals surface area contributed by atoms with Crippen molar-refractivity contribution in [1.29, 1.82) is 0 Å². The summed E-state index contributed by atoms with van der Waals surface area (Å²) < 4.78 is 6.27. The summed E-state index contributed by atoms with van der Waals surface area (Å²) in [5.41, 5.74) is -0.951. The van der Waals surface area contributed by atoms with Crippen LogP contribution >= 0.6 is 0 Å². The molecule has 3 fully saturated rings. The molecule has 4 aliphatic rings. The fourth-order valence-electron chi connectivity index (χ4n) is 8.78. The van der Waals surface area contributed by atoms with Crippen molar-refractivity contribution in [3.63, 3.8) is 0 Å². The van der Waals surface area contributed by atoms with Crippen LogP contribution in [0.15, 0.2) is 35.9 Å². The van der Waals surface area contributed by atoms with E-state index in [0.29, 0.717) is 18.3 Å². The predicted octanol–water partition coefficient (Wildman–Crippen LogP) is 4.83. The van der Waals surface area contributed by atoms with E-state index in [-0.39, 0.29) is 36.5 Å². The number of carboxylic acid groups (broad SMARTS) is 2. The standard InChI is InChI=1S/C28H34O6/c1-16(2)23-10-20-11-26(14-29)22-8-7-17(3)21(22)12-27(20,28(23,26)25(32)33)15-34-13-18-5-4-6-19(9-18)24(30)31/h4-6,9-10,14,16-17,20-22H,7-8,11-13,15H2,1-3H3,(H,30,31)(H,32,33)/t17-,20+,21-,22-,26+,27?,28+/m1/s1. The fourth-order valence-corrected chi connectivity index (χ4v) is 8.78. The highest BCUT2D eigenvalue weighted by atomic mass is 16.5. The zero-order chi connectivity index (χ0) is 24.5. The van der Waals surface area contributed by atoms with E-state index in [2.05, 4.69) is 13.0 Å². The molecule has 6 heteroatoms. The molecule has 3 saturated carbocycles. The highest BCUT2D eigenvalue weighted by molar-refractivity contribution is 5.90. The molecule has 0 heterocycles. The number of carbonyl (C=O) groups is 3. The van der Waals surface area contributed by atoms with Gasteiger partial charge in [0.15, 0.2) is 0 Å². The maximum absolute atomic E-state index is 13.4. The Bertz CT molecular complexity index is 1070. The second-order valence-corrected chi connectivity index (χ2v) is 11.5. The Labute approximate surface area is 200 Å². The SMILES string of the molecule is CC(C)C1=C[C@H]2C[C@]3(C=O)[C@@H]4CC[C@@H](C)[C@H]4CC2(COCc2cccc(C(=O)O)c2)[C@]13C(=O)O. The fraction of sp³-hybridized carbons (Fsp3) is 0.607. The van der Waals surface area contributed by atoms with Gasteiger partial charge in [-0.15, -0.1) is 0 Å². The van der Waals surface area contributed by atoms with Crippen molar-refractivity contribution in [1.82, 2.24) is 0 Å². The van der Waals surface area contributed by atoms with Gasteiger partial charge in [-0.25, -0.2) is 4.79 Å². The largest absolute Gasteiger partial charge is 0.481 e. The highest BCUT2D eigenvalue weighted by Gasteiger charge is 2.84. The van der Waals surface area contributed by atoms with E-state index in [4.69, 9.17) is 4.74 Å². The quantitative estimate of drug-likeness (QED) is 0.421. The summed E-state index contributed by atoms with van der Waals surface area (Å²) in [5.74, 6) is -0.965. The number of ether oxygens (including phenoxy) is 1. The third-order valence-corrected chi connectivity index (χ3v) is 9.92. The average molecular weight is 467 g/mol. The van der Waals surface area contributed by atoms with Crippen molar-refractivity contribution < 1.29 is 29.3 Å². The van der Waals surface area contributed by atoms with Gasteiger partial charge in [0, 0.05) is 5.41 Å². The van der Waals surface area contributed by atoms with Gasteiger partial charge in [0.2, 0.25) is 0 Å². The highest BCUT2D eigenvalue weighted by Crippen LogP contribution is 2.82. The van der Waals surface area contributed by atoms with Crippen LogP contribution in [0.5, 0.6) is 0 Å². The number of rotatable bonds is 8. The van der Waals surface area contributed by atoms with Gasteiger partial charge in [0.05, 0.1) is 24.2 Å². The number of allylic oxidation sites excluding steroid dienone is 1. The van der Waals surface area contributed by atoms with E-state index in [0.717, 1.165) is 36.7 Å². The van der Waals surface area contributed by atoms with Gasteiger partial charge >= 0.3 is 11.9 Å². The monoisotopic (exact) mass is 466 g/mol. The molecule has 0 radical (unpaired) electrons. The van der Waals surface area contributed by atoms with Gasteiger partial charge in [-0.1, -0.05) is 51.0 Å². The Kier molecular flexibility index (Phi) is 5.32. The smallest absolute Gasteiger partial charge is 0.335 e. The molecule has 6 nitrogen and oxygen atoms in total. The summed E-state index contributed by atoms with van der Waals surface area (Å²) in [4.78, 5) is 37.7. The van der Waals surface area contributed by atoms with Crippen LogP contribution in [0, 0.1) is 45.8 Å². The molecule has 0 aliphatic heterocycles. The number of hydrogen-bond donors (Lipinski definition) is 2. The molecular formula is C28H34O6. The van der Waals surface area contributed by atoms with Crippen molar-refractivity contribution in [3.05, 3.63) is 47.0 Å². The number of aromatic carboxylic acids is 1. The van der Waals surface area contributed by atoms with Gasteiger partial charge in [0.25, 0.3) is 0 Å². The Hall–Kier alpha value is -2.47. The van der Waals surface area contributed by atoms with E-state index in [1.165, 1.54) is 0 Å². The van der Waals surface area contributed by atoms with E-state index in [1.807, 2.05) is 19.9 Å². The molecule has 182 valence electrons. The molecule has 0 spiro atoms. The first-order valence-electron chi connectivity index (χ1n) is 12.5. The molecule has 1 aromatic rings. The third kappa shape index (κ3) is 2.69. The molecule has 0 saturated heterocycles. The van der Waals surface area contributed by atoms with Gasteiger partial charge < -0.3 is 19.7 Å². The van der Waals surface area contributed by atoms with Crippen LogP contribution in [-0.2, 0) is 20.9 Å². The minimum absolute atomic E-state index is 0.00523. The molecule has 0 aromatic heterocycles. The van der Waals surface area contributed by atoms with E-state index in [1.54, 1.807) is 18.2 Å². The minimum atomic E-state index is -1.24. The lowest BCUT2D eigenvalue weighted by Gasteiger charge is -2.58. The number of carboxylic acids is 2. The second-order valence-electron chi connectivity index (χ2n) is 11.5. The lowest BCUT2D eigenvalue weighted by atomic mass is 9.43. The van der Waals surface area contributed by atoms with E-state index >= 15 is 0 Å². The predicted molar refractivity (Wildman–Crippen MR) is 125 cm³/mol. The number of fused-ring (bicyclic) bond motifs is 2. The lowest BCUT2D eigenvalue weighted by molar-refractivity contribution is -0.187. The molecular weight excluding hydrogens is 432 g/mol. The Balaban J connectivity index is 1.56. The van der Waals surface area contributed by atoms with Gasteiger partial charge in [0.1, 0.15) is 11.7 Å². The van der Waals surface area contributed by atoms with Crippen LogP contribution in [0.25, 0.3) is 0 Å². The van der Waals surface area contributed by atoms with Crippen molar-refractivity contribution in [2.45, 2.75) is 53.1 Å². The van der Waals surface area contributed by atoms with Crippen LogP contribution in [0.2, 0.25) is 0 Å². The molecule has 1 aromatic carbocycles. The van der Waals surface area contributed by atoms with Crippen LogP contribution in [0.3, 0.4) is 0 Å². The number of benzene rings is 1. The Morgan fingerprint density at radius 1 is 1.21 bits per heavy atom. The molecule has 7 atom stereocenters. The summed E-state index contributed by atoms with van der Waals surface area (Å²) in [6.45, 7) is 6.77. The van der Waals surface area contributed by atoms with Crippen molar-refractivity contribution in [2.24, 2.45) is 45.8 Å². The van der Waals surface area contributed by atoms with E-state index in [9.17, 15) is 24.6 Å². The number of aldehydes is 1. The zero-order valence-corrected chi connectivity index (χ0v) is 20.1. The zero-order valence-electron chi connectivity index (χ0n) is 20.1. The summed E-state index contributed by atoms with van der Waals surface area (Å²) >= 11 is 0. The molecule has 4 aliphatic carbocycles. The lowest BCUT2D eigenvalue weighted by Crippen LogP contribution is -2.63. The van der Waals surface area contributed by atoms with Crippen LogP contribution in [0.1, 0.15) is 62.4 Å². The first kappa shape index (κ1) is 23.3. The number of aliphatic carboxylic acids is 1. The van der Waals surface area contributed by atoms with Gasteiger partial charge in [-0.3, -0.25) is 4.79 Å². The van der Waals surface area contributed by atoms with Crippen LogP contribution < -0.4 is 0 Å². The molecule has 1 unspecified atom stereocenters. The minimum Gasteiger partial charge on any atom is -0.481 e. The average Bonchev–Trinajstić information content (AvgIpc) is 3.36.